The van der Waals surface area contributed by atoms with Crippen molar-refractivity contribution in [3.05, 3.63) is 48.6 Å². The minimum Gasteiger partial charge on any atom is -0.399 e. The van der Waals surface area contributed by atoms with Crippen LogP contribution < -0.4 is 16.8 Å². The van der Waals surface area contributed by atoms with E-state index >= 15 is 0 Å². The molecule has 7 heteroatoms. The fourth-order valence-corrected chi connectivity index (χ4v) is 1.85. The van der Waals surface area contributed by atoms with Gasteiger partial charge in [-0.1, -0.05) is 0 Å². The number of hydrogen-bond donors (Lipinski definition) is 3. The summed E-state index contributed by atoms with van der Waals surface area (Å²) in [5.41, 5.74) is 13.4. The number of aryl methyl sites for hydroxylation is 1. The van der Waals surface area contributed by atoms with Gasteiger partial charge in [0.2, 0.25) is 5.91 Å². The van der Waals surface area contributed by atoms with Gasteiger partial charge in [-0.15, -0.1) is 12.4 Å². The van der Waals surface area contributed by atoms with Crippen LogP contribution >= 0.6 is 12.4 Å². The number of aromatic nitrogens is 2. The molecule has 0 aliphatic carbocycles. The Morgan fingerprint density at radius 2 is 2.18 bits per heavy atom. The van der Waals surface area contributed by atoms with E-state index in [2.05, 4.69) is 10.3 Å². The predicted molar refractivity (Wildman–Crippen MR) is 91.4 cm³/mol. The number of nitrogens with two attached hydrogens (primary N) is 2. The quantitative estimate of drug-likeness (QED) is 0.428. The number of carbonyl (C=O) groups is 1. The van der Waals surface area contributed by atoms with E-state index in [9.17, 15) is 4.79 Å². The molecule has 2 rings (SSSR count). The van der Waals surface area contributed by atoms with Crippen LogP contribution in [-0.4, -0.2) is 22.0 Å². The Morgan fingerprint density at radius 3 is 2.91 bits per heavy atom. The number of amides is 1. The molecule has 1 aromatic heterocycles. The number of anilines is 2. The van der Waals surface area contributed by atoms with E-state index < -0.39 is 0 Å². The van der Waals surface area contributed by atoms with Crippen molar-refractivity contribution in [1.29, 1.82) is 0 Å². The van der Waals surface area contributed by atoms with Gasteiger partial charge in [-0.25, -0.2) is 4.98 Å². The second-order valence-corrected chi connectivity index (χ2v) is 4.67. The molecule has 6 nitrogen and oxygen atoms in total. The van der Waals surface area contributed by atoms with Crippen molar-refractivity contribution in [1.82, 2.24) is 14.9 Å². The van der Waals surface area contributed by atoms with Crippen molar-refractivity contribution < 1.29 is 4.79 Å². The van der Waals surface area contributed by atoms with E-state index in [4.69, 9.17) is 11.5 Å². The van der Waals surface area contributed by atoms with Crippen LogP contribution in [0.3, 0.4) is 0 Å². The SMILES string of the molecule is Cl.Nc1ccc(N)c(C=CC(=O)NCCCn2ccnc2)c1. The third kappa shape index (κ3) is 5.49. The molecule has 0 fully saturated rings. The lowest BCUT2D eigenvalue weighted by molar-refractivity contribution is -0.116. The Hall–Kier alpha value is -2.47. The molecule has 22 heavy (non-hydrogen) atoms. The summed E-state index contributed by atoms with van der Waals surface area (Å²) in [6, 6.07) is 5.18. The van der Waals surface area contributed by atoms with Crippen LogP contribution in [0.15, 0.2) is 43.0 Å². The smallest absolute Gasteiger partial charge is 0.244 e. The zero-order valence-electron chi connectivity index (χ0n) is 12.1. The lowest BCUT2D eigenvalue weighted by Gasteiger charge is -2.04. The third-order valence-electron chi connectivity index (χ3n) is 2.98. The maximum Gasteiger partial charge on any atom is 0.244 e. The Balaban J connectivity index is 0.00000242. The van der Waals surface area contributed by atoms with Crippen LogP contribution in [0, 0.1) is 0 Å². The third-order valence-corrected chi connectivity index (χ3v) is 2.98. The molecule has 1 aromatic carbocycles. The molecule has 1 heterocycles. The van der Waals surface area contributed by atoms with Crippen LogP contribution in [-0.2, 0) is 11.3 Å². The molecule has 0 aliphatic rings. The monoisotopic (exact) mass is 321 g/mol. The summed E-state index contributed by atoms with van der Waals surface area (Å²) < 4.78 is 1.97. The van der Waals surface area contributed by atoms with Gasteiger partial charge in [-0.05, 0) is 36.3 Å². The largest absolute Gasteiger partial charge is 0.399 e. The van der Waals surface area contributed by atoms with E-state index in [-0.39, 0.29) is 18.3 Å². The molecular formula is C15H20ClN5O. The maximum absolute atomic E-state index is 11.7. The average molecular weight is 322 g/mol. The van der Waals surface area contributed by atoms with Crippen molar-refractivity contribution in [3.63, 3.8) is 0 Å². The van der Waals surface area contributed by atoms with Gasteiger partial charge < -0.3 is 21.4 Å². The first kappa shape index (κ1) is 17.6. The Kier molecular flexibility index (Phi) is 6.98. The molecule has 0 bridgehead atoms. The first-order chi connectivity index (χ1) is 10.1. The number of nitrogen functional groups attached to an aromatic ring is 2. The topological polar surface area (TPSA) is 99.0 Å². The van der Waals surface area contributed by atoms with Gasteiger partial charge in [-0.3, -0.25) is 4.79 Å². The first-order valence-corrected chi connectivity index (χ1v) is 6.72. The van der Waals surface area contributed by atoms with E-state index in [0.717, 1.165) is 18.5 Å². The molecule has 0 radical (unpaired) electrons. The zero-order chi connectivity index (χ0) is 15.1. The summed E-state index contributed by atoms with van der Waals surface area (Å²) in [6.45, 7) is 1.43. The molecule has 2 aromatic rings. The number of benzene rings is 1. The predicted octanol–water partition coefficient (Wildman–Crippen LogP) is 1.69. The summed E-state index contributed by atoms with van der Waals surface area (Å²) in [6.07, 6.45) is 9.35. The van der Waals surface area contributed by atoms with Crippen molar-refractivity contribution in [2.45, 2.75) is 13.0 Å². The highest BCUT2D eigenvalue weighted by molar-refractivity contribution is 5.92. The Morgan fingerprint density at radius 1 is 1.36 bits per heavy atom. The van der Waals surface area contributed by atoms with Gasteiger partial charge in [0.05, 0.1) is 6.33 Å². The number of hydrogen-bond acceptors (Lipinski definition) is 4. The van der Waals surface area contributed by atoms with E-state index in [1.807, 2.05) is 10.8 Å². The van der Waals surface area contributed by atoms with E-state index in [1.165, 1.54) is 6.08 Å². The van der Waals surface area contributed by atoms with E-state index in [1.54, 1.807) is 36.8 Å². The molecule has 0 saturated carbocycles. The Bertz CT molecular complexity index is 625. The fraction of sp³-hybridized carbons (Fsp3) is 0.200. The standard InChI is InChI=1S/C15H19N5O.ClH/c16-13-3-4-14(17)12(10-13)2-5-15(21)19-6-1-8-20-9-7-18-11-20;/h2-5,7,9-11H,1,6,8,16-17H2,(H,19,21);1H. The Labute approximate surface area is 135 Å². The highest BCUT2D eigenvalue weighted by Gasteiger charge is 1.98. The number of carbonyl (C=O) groups excluding carboxylic acids is 1. The van der Waals surface area contributed by atoms with Gasteiger partial charge >= 0.3 is 0 Å². The summed E-state index contributed by atoms with van der Waals surface area (Å²) in [4.78, 5) is 15.6. The van der Waals surface area contributed by atoms with Crippen LogP contribution in [0.1, 0.15) is 12.0 Å². The minimum atomic E-state index is -0.151. The molecular weight excluding hydrogens is 302 g/mol. The maximum atomic E-state index is 11.7. The van der Waals surface area contributed by atoms with E-state index in [0.29, 0.717) is 17.9 Å². The molecule has 5 N–H and O–H groups in total. The van der Waals surface area contributed by atoms with Crippen molar-refractivity contribution in [3.8, 4) is 0 Å². The lowest BCUT2D eigenvalue weighted by Crippen LogP contribution is -2.23. The minimum absolute atomic E-state index is 0. The number of nitrogens with zero attached hydrogens (tertiary/aromatic N) is 2. The molecule has 0 aliphatic heterocycles. The van der Waals surface area contributed by atoms with Crippen molar-refractivity contribution >= 4 is 35.8 Å². The van der Waals surface area contributed by atoms with Crippen LogP contribution in [0.5, 0.6) is 0 Å². The molecule has 0 spiro atoms. The molecule has 0 unspecified atom stereocenters. The number of imidazole rings is 1. The van der Waals surface area contributed by atoms with Gasteiger partial charge in [0.15, 0.2) is 0 Å². The number of rotatable bonds is 6. The summed E-state index contributed by atoms with van der Waals surface area (Å²) >= 11 is 0. The summed E-state index contributed by atoms with van der Waals surface area (Å²) in [7, 11) is 0. The van der Waals surface area contributed by atoms with Crippen molar-refractivity contribution in [2.24, 2.45) is 0 Å². The van der Waals surface area contributed by atoms with Crippen LogP contribution in [0.4, 0.5) is 11.4 Å². The second-order valence-electron chi connectivity index (χ2n) is 4.67. The van der Waals surface area contributed by atoms with Crippen LogP contribution in [0.25, 0.3) is 6.08 Å². The van der Waals surface area contributed by atoms with Crippen molar-refractivity contribution in [2.75, 3.05) is 18.0 Å². The first-order valence-electron chi connectivity index (χ1n) is 6.72. The highest BCUT2D eigenvalue weighted by atomic mass is 35.5. The number of halogens is 1. The summed E-state index contributed by atoms with van der Waals surface area (Å²) in [5, 5.41) is 2.82. The molecule has 0 saturated heterocycles. The average Bonchev–Trinajstić information content (AvgIpc) is 2.98. The van der Waals surface area contributed by atoms with Gasteiger partial charge in [-0.2, -0.15) is 0 Å². The van der Waals surface area contributed by atoms with Crippen LogP contribution in [0.2, 0.25) is 0 Å². The highest BCUT2D eigenvalue weighted by Crippen LogP contribution is 2.16. The lowest BCUT2D eigenvalue weighted by atomic mass is 10.1. The van der Waals surface area contributed by atoms with Gasteiger partial charge in [0.25, 0.3) is 0 Å². The molecule has 118 valence electrons. The molecule has 0 atom stereocenters. The number of nitrogens with one attached hydrogen (secondary N) is 1. The fourth-order valence-electron chi connectivity index (χ4n) is 1.85. The molecule has 1 amide bonds. The summed E-state index contributed by atoms with van der Waals surface area (Å²) in [5.74, 6) is -0.151. The zero-order valence-corrected chi connectivity index (χ0v) is 12.9. The normalized spacial score (nSPS) is 10.4. The second kappa shape index (κ2) is 8.74. The van der Waals surface area contributed by atoms with Gasteiger partial charge in [0, 0.05) is 42.9 Å². The van der Waals surface area contributed by atoms with Gasteiger partial charge in [0.1, 0.15) is 0 Å².